The van der Waals surface area contributed by atoms with Gasteiger partial charge < -0.3 is 14.4 Å². The molecule has 0 saturated heterocycles. The fourth-order valence-electron chi connectivity index (χ4n) is 2.53. The van der Waals surface area contributed by atoms with E-state index in [4.69, 9.17) is 9.84 Å². The molecule has 0 aromatic carbocycles. The van der Waals surface area contributed by atoms with Crippen molar-refractivity contribution in [2.45, 2.75) is 31.0 Å². The summed E-state index contributed by atoms with van der Waals surface area (Å²) in [6.07, 6.45) is 3.62. The number of methoxy groups -OCH3 is 1. The third kappa shape index (κ3) is 2.55. The lowest BCUT2D eigenvalue weighted by atomic mass is 10.3. The van der Waals surface area contributed by atoms with Crippen LogP contribution in [0, 0.1) is 5.92 Å². The van der Waals surface area contributed by atoms with Crippen molar-refractivity contribution in [3.05, 3.63) is 6.33 Å². The Labute approximate surface area is 125 Å². The smallest absolute Gasteiger partial charge is 0.313 e. The van der Waals surface area contributed by atoms with E-state index in [0.29, 0.717) is 28.5 Å². The minimum atomic E-state index is -0.862. The molecule has 1 N–H and O–H groups in total. The zero-order valence-electron chi connectivity index (χ0n) is 11.8. The van der Waals surface area contributed by atoms with Gasteiger partial charge in [0.25, 0.3) is 0 Å². The molecule has 21 heavy (non-hydrogen) atoms. The molecule has 0 spiro atoms. The number of aromatic nitrogens is 4. The topological polar surface area (TPSA) is 90.1 Å². The number of thioether (sulfide) groups is 1. The highest BCUT2D eigenvalue weighted by molar-refractivity contribution is 7.99. The molecular weight excluding hydrogens is 292 g/mol. The normalized spacial score (nSPS) is 20.7. The second kappa shape index (κ2) is 5.51. The van der Waals surface area contributed by atoms with Gasteiger partial charge in [-0.05, 0) is 12.3 Å². The summed E-state index contributed by atoms with van der Waals surface area (Å²) in [5, 5.41) is 9.56. The molecule has 1 saturated carbocycles. The molecule has 1 aliphatic rings. The molecule has 112 valence electrons. The molecule has 1 fully saturated rings. The lowest BCUT2D eigenvalue weighted by Gasteiger charge is -2.06. The molecule has 8 heteroatoms. The SMILES string of the molecule is CCC1CC1n1c(SCC(=O)O)nc2c(OC)ncnc21. The summed E-state index contributed by atoms with van der Waals surface area (Å²) in [7, 11) is 1.54. The first kappa shape index (κ1) is 14.1. The summed E-state index contributed by atoms with van der Waals surface area (Å²) in [5.74, 6) is 0.138. The number of hydrogen-bond donors (Lipinski definition) is 1. The van der Waals surface area contributed by atoms with E-state index in [1.165, 1.54) is 25.2 Å². The number of carboxylic acids is 1. The van der Waals surface area contributed by atoms with Crippen molar-refractivity contribution in [3.8, 4) is 5.88 Å². The minimum absolute atomic E-state index is 0.0252. The molecule has 0 amide bonds. The molecule has 2 aromatic rings. The van der Waals surface area contributed by atoms with E-state index in [1.54, 1.807) is 0 Å². The molecule has 2 aromatic heterocycles. The number of nitrogens with zero attached hydrogens (tertiary/aromatic N) is 4. The number of aliphatic carboxylic acids is 1. The maximum atomic E-state index is 10.8. The van der Waals surface area contributed by atoms with Crippen molar-refractivity contribution in [1.29, 1.82) is 0 Å². The summed E-state index contributed by atoms with van der Waals surface area (Å²) in [4.78, 5) is 23.7. The predicted octanol–water partition coefficient (Wildman–Crippen LogP) is 1.98. The molecule has 0 aliphatic heterocycles. The first-order valence-corrected chi connectivity index (χ1v) is 7.75. The van der Waals surface area contributed by atoms with Gasteiger partial charge in [-0.1, -0.05) is 25.1 Å². The Balaban J connectivity index is 2.06. The second-order valence-corrected chi connectivity index (χ2v) is 5.92. The number of carboxylic acid groups (broad SMARTS) is 1. The van der Waals surface area contributed by atoms with Crippen LogP contribution in [-0.4, -0.2) is 43.5 Å². The summed E-state index contributed by atoms with van der Waals surface area (Å²) in [6, 6.07) is 0.343. The lowest BCUT2D eigenvalue weighted by Crippen LogP contribution is -2.03. The summed E-state index contributed by atoms with van der Waals surface area (Å²) < 4.78 is 7.27. The fourth-order valence-corrected chi connectivity index (χ4v) is 3.30. The molecular formula is C13H16N4O3S. The van der Waals surface area contributed by atoms with Crippen molar-refractivity contribution < 1.29 is 14.6 Å². The maximum absolute atomic E-state index is 10.8. The molecule has 7 nitrogen and oxygen atoms in total. The van der Waals surface area contributed by atoms with Crippen LogP contribution in [0.3, 0.4) is 0 Å². The monoisotopic (exact) mass is 308 g/mol. The summed E-state index contributed by atoms with van der Waals surface area (Å²) in [5.41, 5.74) is 1.31. The van der Waals surface area contributed by atoms with Gasteiger partial charge in [-0.25, -0.2) is 9.97 Å². The van der Waals surface area contributed by atoms with E-state index < -0.39 is 5.97 Å². The average Bonchev–Trinajstić information content (AvgIpc) is 3.16. The molecule has 0 radical (unpaired) electrons. The van der Waals surface area contributed by atoms with Crippen LogP contribution in [0.4, 0.5) is 0 Å². The third-order valence-corrected chi connectivity index (χ3v) is 4.61. The van der Waals surface area contributed by atoms with Gasteiger partial charge >= 0.3 is 5.97 Å². The Morgan fingerprint density at radius 3 is 3.00 bits per heavy atom. The van der Waals surface area contributed by atoms with Crippen molar-refractivity contribution in [3.63, 3.8) is 0 Å². The molecule has 2 unspecified atom stereocenters. The maximum Gasteiger partial charge on any atom is 0.313 e. The van der Waals surface area contributed by atoms with Crippen molar-refractivity contribution in [2.24, 2.45) is 5.92 Å². The van der Waals surface area contributed by atoms with Crippen molar-refractivity contribution in [1.82, 2.24) is 19.5 Å². The van der Waals surface area contributed by atoms with Gasteiger partial charge in [-0.2, -0.15) is 4.98 Å². The highest BCUT2D eigenvalue weighted by Crippen LogP contribution is 2.48. The van der Waals surface area contributed by atoms with E-state index in [2.05, 4.69) is 21.9 Å². The van der Waals surface area contributed by atoms with Crippen molar-refractivity contribution in [2.75, 3.05) is 12.9 Å². The van der Waals surface area contributed by atoms with Crippen LogP contribution in [0.2, 0.25) is 0 Å². The van der Waals surface area contributed by atoms with E-state index in [-0.39, 0.29) is 5.75 Å². The number of imidazole rings is 1. The number of rotatable bonds is 6. The Hall–Kier alpha value is -1.83. The molecule has 2 heterocycles. The highest BCUT2D eigenvalue weighted by atomic mass is 32.2. The first-order chi connectivity index (χ1) is 10.2. The molecule has 2 atom stereocenters. The van der Waals surface area contributed by atoms with Crippen LogP contribution in [0.25, 0.3) is 11.2 Å². The summed E-state index contributed by atoms with van der Waals surface area (Å²) >= 11 is 1.21. The highest BCUT2D eigenvalue weighted by Gasteiger charge is 2.40. The number of ether oxygens (including phenoxy) is 1. The molecule has 0 bridgehead atoms. The van der Waals surface area contributed by atoms with Crippen LogP contribution in [0.5, 0.6) is 5.88 Å². The zero-order chi connectivity index (χ0) is 15.0. The average molecular weight is 308 g/mol. The number of fused-ring (bicyclic) bond motifs is 1. The Kier molecular flexibility index (Phi) is 3.71. The van der Waals surface area contributed by atoms with Gasteiger partial charge in [-0.15, -0.1) is 0 Å². The second-order valence-electron chi connectivity index (χ2n) is 4.97. The van der Waals surface area contributed by atoms with E-state index >= 15 is 0 Å². The van der Waals surface area contributed by atoms with Gasteiger partial charge in [0.2, 0.25) is 5.88 Å². The first-order valence-electron chi connectivity index (χ1n) is 6.77. The van der Waals surface area contributed by atoms with Gasteiger partial charge in [-0.3, -0.25) is 4.79 Å². The van der Waals surface area contributed by atoms with E-state index in [9.17, 15) is 4.79 Å². The van der Waals surface area contributed by atoms with Crippen LogP contribution < -0.4 is 4.74 Å². The molecule has 3 rings (SSSR count). The van der Waals surface area contributed by atoms with Crippen molar-refractivity contribution >= 4 is 28.9 Å². The van der Waals surface area contributed by atoms with Gasteiger partial charge in [0.1, 0.15) is 6.33 Å². The summed E-state index contributed by atoms with van der Waals surface area (Å²) in [6.45, 7) is 2.16. The third-order valence-electron chi connectivity index (χ3n) is 3.67. The van der Waals surface area contributed by atoms with Gasteiger partial charge in [0, 0.05) is 6.04 Å². The van der Waals surface area contributed by atoms with Crippen LogP contribution in [0.15, 0.2) is 11.5 Å². The zero-order valence-corrected chi connectivity index (χ0v) is 12.6. The van der Waals surface area contributed by atoms with Crippen LogP contribution >= 0.6 is 11.8 Å². The Morgan fingerprint density at radius 2 is 2.38 bits per heavy atom. The van der Waals surface area contributed by atoms with Crippen LogP contribution in [0.1, 0.15) is 25.8 Å². The van der Waals surface area contributed by atoms with E-state index in [0.717, 1.165) is 18.5 Å². The minimum Gasteiger partial charge on any atom is -0.481 e. The van der Waals surface area contributed by atoms with E-state index in [1.807, 2.05) is 4.57 Å². The van der Waals surface area contributed by atoms with Gasteiger partial charge in [0.15, 0.2) is 16.3 Å². The fraction of sp³-hybridized carbons (Fsp3) is 0.538. The predicted molar refractivity (Wildman–Crippen MR) is 77.7 cm³/mol. The lowest BCUT2D eigenvalue weighted by molar-refractivity contribution is -0.133. The van der Waals surface area contributed by atoms with Gasteiger partial charge in [0.05, 0.1) is 12.9 Å². The standard InChI is InChI=1S/C13H16N4O3S/c1-3-7-4-8(7)17-11-10(12(20-2)15-6-14-11)16-13(17)21-5-9(18)19/h6-8H,3-5H2,1-2H3,(H,18,19). The molecule has 1 aliphatic carbocycles. The quantitative estimate of drug-likeness (QED) is 0.816. The number of hydrogen-bond acceptors (Lipinski definition) is 6. The van der Waals surface area contributed by atoms with Crippen LogP contribution in [-0.2, 0) is 4.79 Å². The Morgan fingerprint density at radius 1 is 1.57 bits per heavy atom. The number of carbonyl (C=O) groups is 1. The largest absolute Gasteiger partial charge is 0.481 e. The Bertz CT molecular complexity index is 687.